The predicted molar refractivity (Wildman–Crippen MR) is 73.1 cm³/mol. The SMILES string of the molecule is CCN(Cc1cc(C#N)ccc1F)C1CCCNC1. The summed E-state index contributed by atoms with van der Waals surface area (Å²) in [6.45, 7) is 5.60. The van der Waals surface area contributed by atoms with Gasteiger partial charge in [0.25, 0.3) is 0 Å². The average Bonchev–Trinajstić information content (AvgIpc) is 2.47. The number of piperidine rings is 1. The molecule has 2 rings (SSSR count). The van der Waals surface area contributed by atoms with Crippen molar-refractivity contribution in [2.24, 2.45) is 0 Å². The molecule has 102 valence electrons. The van der Waals surface area contributed by atoms with Crippen LogP contribution in [-0.2, 0) is 6.54 Å². The van der Waals surface area contributed by atoms with Crippen molar-refractivity contribution in [1.82, 2.24) is 10.2 Å². The number of rotatable bonds is 4. The zero-order valence-electron chi connectivity index (χ0n) is 11.3. The largest absolute Gasteiger partial charge is 0.315 e. The van der Waals surface area contributed by atoms with Gasteiger partial charge >= 0.3 is 0 Å². The summed E-state index contributed by atoms with van der Waals surface area (Å²) in [5.41, 5.74) is 1.14. The molecule has 1 saturated heterocycles. The summed E-state index contributed by atoms with van der Waals surface area (Å²) >= 11 is 0. The first-order valence-corrected chi connectivity index (χ1v) is 6.88. The van der Waals surface area contributed by atoms with E-state index in [1.165, 1.54) is 18.6 Å². The van der Waals surface area contributed by atoms with E-state index >= 15 is 0 Å². The molecule has 1 atom stereocenters. The van der Waals surface area contributed by atoms with Gasteiger partial charge in [-0.2, -0.15) is 5.26 Å². The summed E-state index contributed by atoms with van der Waals surface area (Å²) < 4.78 is 13.8. The maximum Gasteiger partial charge on any atom is 0.127 e. The number of benzene rings is 1. The van der Waals surface area contributed by atoms with Crippen LogP contribution in [0.15, 0.2) is 18.2 Å². The minimum atomic E-state index is -0.221. The van der Waals surface area contributed by atoms with E-state index in [1.807, 2.05) is 0 Å². The van der Waals surface area contributed by atoms with Crippen LogP contribution in [0.25, 0.3) is 0 Å². The lowest BCUT2D eigenvalue weighted by molar-refractivity contribution is 0.164. The first-order valence-electron chi connectivity index (χ1n) is 6.88. The summed E-state index contributed by atoms with van der Waals surface area (Å²) in [7, 11) is 0. The normalized spacial score (nSPS) is 19.4. The fraction of sp³-hybridized carbons (Fsp3) is 0.533. The van der Waals surface area contributed by atoms with Crippen molar-refractivity contribution < 1.29 is 4.39 Å². The molecule has 1 heterocycles. The molecule has 0 radical (unpaired) electrons. The third-order valence-electron chi connectivity index (χ3n) is 3.74. The standard InChI is InChI=1S/C15H20FN3/c1-2-19(14-4-3-7-18-10-14)11-13-8-12(9-17)5-6-15(13)16/h5-6,8,14,18H,2-4,7,10-11H2,1H3. The van der Waals surface area contributed by atoms with E-state index in [-0.39, 0.29) is 5.82 Å². The zero-order valence-corrected chi connectivity index (χ0v) is 11.3. The van der Waals surface area contributed by atoms with Gasteiger partial charge in [0.05, 0.1) is 11.6 Å². The number of halogens is 1. The first-order chi connectivity index (χ1) is 9.24. The number of nitrogens with one attached hydrogen (secondary N) is 1. The van der Waals surface area contributed by atoms with Gasteiger partial charge in [0.1, 0.15) is 5.82 Å². The summed E-state index contributed by atoms with van der Waals surface area (Å²) in [4.78, 5) is 2.28. The van der Waals surface area contributed by atoms with Gasteiger partial charge in [0.15, 0.2) is 0 Å². The quantitative estimate of drug-likeness (QED) is 0.903. The van der Waals surface area contributed by atoms with Gasteiger partial charge in [0.2, 0.25) is 0 Å². The molecule has 0 spiro atoms. The number of hydrogen-bond acceptors (Lipinski definition) is 3. The monoisotopic (exact) mass is 261 g/mol. The minimum absolute atomic E-state index is 0.221. The molecule has 1 fully saturated rings. The van der Waals surface area contributed by atoms with Gasteiger partial charge in [-0.25, -0.2) is 4.39 Å². The number of likely N-dealkylation sites (N-methyl/N-ethyl adjacent to an activating group) is 1. The highest BCUT2D eigenvalue weighted by atomic mass is 19.1. The Morgan fingerprint density at radius 2 is 2.37 bits per heavy atom. The van der Waals surface area contributed by atoms with E-state index in [2.05, 4.69) is 23.2 Å². The van der Waals surface area contributed by atoms with Crippen molar-refractivity contribution in [3.05, 3.63) is 35.1 Å². The average molecular weight is 261 g/mol. The van der Waals surface area contributed by atoms with Crippen molar-refractivity contribution in [1.29, 1.82) is 5.26 Å². The second-order valence-corrected chi connectivity index (χ2v) is 4.98. The molecule has 0 saturated carbocycles. The van der Waals surface area contributed by atoms with Crippen molar-refractivity contribution in [3.63, 3.8) is 0 Å². The Bertz CT molecular complexity index is 461. The molecule has 0 aromatic heterocycles. The van der Waals surface area contributed by atoms with E-state index in [9.17, 15) is 4.39 Å². The van der Waals surface area contributed by atoms with E-state index in [1.54, 1.807) is 6.07 Å². The Balaban J connectivity index is 2.11. The summed E-state index contributed by atoms with van der Waals surface area (Å²) in [5, 5.41) is 12.3. The van der Waals surface area contributed by atoms with Crippen LogP contribution in [0.3, 0.4) is 0 Å². The molecular formula is C15H20FN3. The summed E-state index contributed by atoms with van der Waals surface area (Å²) in [6, 6.07) is 7.11. The summed E-state index contributed by atoms with van der Waals surface area (Å²) in [5.74, 6) is -0.221. The molecule has 3 nitrogen and oxygen atoms in total. The van der Waals surface area contributed by atoms with Crippen LogP contribution in [-0.4, -0.2) is 30.6 Å². The molecular weight excluding hydrogens is 241 g/mol. The number of hydrogen-bond donors (Lipinski definition) is 1. The first kappa shape index (κ1) is 14.0. The lowest BCUT2D eigenvalue weighted by atomic mass is 10.0. The second kappa shape index (κ2) is 6.65. The predicted octanol–water partition coefficient (Wildman–Crippen LogP) is 2.27. The highest BCUT2D eigenvalue weighted by molar-refractivity contribution is 5.33. The molecule has 4 heteroatoms. The van der Waals surface area contributed by atoms with Gasteiger partial charge < -0.3 is 5.32 Å². The second-order valence-electron chi connectivity index (χ2n) is 4.98. The molecule has 19 heavy (non-hydrogen) atoms. The maximum absolute atomic E-state index is 13.8. The van der Waals surface area contributed by atoms with Crippen molar-refractivity contribution >= 4 is 0 Å². The van der Waals surface area contributed by atoms with E-state index < -0.39 is 0 Å². The molecule has 0 amide bonds. The topological polar surface area (TPSA) is 39.1 Å². The van der Waals surface area contributed by atoms with Crippen molar-refractivity contribution in [2.75, 3.05) is 19.6 Å². The van der Waals surface area contributed by atoms with Crippen LogP contribution in [0, 0.1) is 17.1 Å². The van der Waals surface area contributed by atoms with Gasteiger partial charge in [-0.15, -0.1) is 0 Å². The Hall–Kier alpha value is -1.44. The highest BCUT2D eigenvalue weighted by Gasteiger charge is 2.20. The van der Waals surface area contributed by atoms with Crippen molar-refractivity contribution in [3.8, 4) is 6.07 Å². The van der Waals surface area contributed by atoms with Gasteiger partial charge in [-0.1, -0.05) is 6.92 Å². The van der Waals surface area contributed by atoms with Crippen LogP contribution in [0.5, 0.6) is 0 Å². The number of nitrogens with zero attached hydrogens (tertiary/aromatic N) is 2. The molecule has 0 bridgehead atoms. The van der Waals surface area contributed by atoms with Gasteiger partial charge in [-0.05, 0) is 44.1 Å². The van der Waals surface area contributed by atoms with Crippen LogP contribution in [0.2, 0.25) is 0 Å². The maximum atomic E-state index is 13.8. The van der Waals surface area contributed by atoms with Crippen molar-refractivity contribution in [2.45, 2.75) is 32.4 Å². The minimum Gasteiger partial charge on any atom is -0.315 e. The molecule has 1 aromatic rings. The van der Waals surface area contributed by atoms with Gasteiger partial charge in [-0.3, -0.25) is 4.90 Å². The summed E-state index contributed by atoms with van der Waals surface area (Å²) in [6.07, 6.45) is 2.32. The third kappa shape index (κ3) is 3.52. The zero-order chi connectivity index (χ0) is 13.7. The Morgan fingerprint density at radius 3 is 3.00 bits per heavy atom. The Morgan fingerprint density at radius 1 is 1.53 bits per heavy atom. The molecule has 1 unspecified atom stereocenters. The van der Waals surface area contributed by atoms with Crippen LogP contribution in [0.4, 0.5) is 4.39 Å². The molecule has 0 aliphatic carbocycles. The van der Waals surface area contributed by atoms with E-state index in [0.29, 0.717) is 23.7 Å². The smallest absolute Gasteiger partial charge is 0.127 e. The van der Waals surface area contributed by atoms with E-state index in [0.717, 1.165) is 26.1 Å². The Labute approximate surface area is 114 Å². The highest BCUT2D eigenvalue weighted by Crippen LogP contribution is 2.17. The molecule has 1 aromatic carbocycles. The van der Waals surface area contributed by atoms with Crippen LogP contribution < -0.4 is 5.32 Å². The lowest BCUT2D eigenvalue weighted by Gasteiger charge is -2.34. The van der Waals surface area contributed by atoms with Crippen LogP contribution in [0.1, 0.15) is 30.9 Å². The fourth-order valence-electron chi connectivity index (χ4n) is 2.63. The van der Waals surface area contributed by atoms with Crippen LogP contribution >= 0.6 is 0 Å². The molecule has 1 aliphatic rings. The van der Waals surface area contributed by atoms with Gasteiger partial charge in [0, 0.05) is 24.7 Å². The number of nitriles is 1. The fourth-order valence-corrected chi connectivity index (χ4v) is 2.63. The third-order valence-corrected chi connectivity index (χ3v) is 3.74. The van der Waals surface area contributed by atoms with E-state index in [4.69, 9.17) is 5.26 Å². The molecule has 1 aliphatic heterocycles. The Kier molecular flexibility index (Phi) is 4.89. The lowest BCUT2D eigenvalue weighted by Crippen LogP contribution is -2.45. The molecule has 1 N–H and O–H groups in total.